The van der Waals surface area contributed by atoms with Crippen molar-refractivity contribution in [3.05, 3.63) is 76.2 Å². The normalized spacial score (nSPS) is 13.6. The lowest BCUT2D eigenvalue weighted by molar-refractivity contribution is -0.139. The summed E-state index contributed by atoms with van der Waals surface area (Å²) < 4.78 is 56.3. The predicted molar refractivity (Wildman–Crippen MR) is 108 cm³/mol. The van der Waals surface area contributed by atoms with Crippen molar-refractivity contribution < 1.29 is 22.4 Å². The number of hydrogen-bond acceptors (Lipinski definition) is 1. The summed E-state index contributed by atoms with van der Waals surface area (Å²) in [6.45, 7) is 5.20. The molecule has 0 aliphatic rings. The molecule has 1 unspecified atom stereocenters. The molecule has 0 amide bonds. The summed E-state index contributed by atoms with van der Waals surface area (Å²) in [5.41, 5.74) is 1.40. The Morgan fingerprint density at radius 1 is 1.10 bits per heavy atom. The smallest absolute Gasteiger partial charge is 0.399 e. The molecule has 0 saturated carbocycles. The Kier molecular flexibility index (Phi) is 5.94. The molecule has 0 N–H and O–H groups in total. The maximum Gasteiger partial charge on any atom is 0.399 e. The van der Waals surface area contributed by atoms with Crippen LogP contribution in [0.5, 0.6) is 0 Å². The number of rotatable bonds is 5. The quantitative estimate of drug-likeness (QED) is 0.404. The zero-order chi connectivity index (χ0) is 21.3. The Morgan fingerprint density at radius 2 is 1.83 bits per heavy atom. The zero-order valence-electron chi connectivity index (χ0n) is 16.1. The number of allylic oxidation sites excluding steroid dienone is 1. The van der Waals surface area contributed by atoms with Crippen LogP contribution in [0.15, 0.2) is 48.7 Å². The van der Waals surface area contributed by atoms with E-state index in [4.69, 9.17) is 16.4 Å². The second-order valence-corrected chi connectivity index (χ2v) is 7.53. The number of aromatic nitrogens is 1. The van der Waals surface area contributed by atoms with Crippen molar-refractivity contribution in [1.82, 2.24) is 4.73 Å². The molecule has 0 fully saturated rings. The number of hydrogen-bond donors (Lipinski definition) is 0. The van der Waals surface area contributed by atoms with Crippen molar-refractivity contribution >= 4 is 28.6 Å². The lowest BCUT2D eigenvalue weighted by Gasteiger charge is -2.18. The van der Waals surface area contributed by atoms with Crippen molar-refractivity contribution in [2.45, 2.75) is 39.0 Å². The van der Waals surface area contributed by atoms with Gasteiger partial charge in [0, 0.05) is 11.6 Å². The molecule has 1 atom stereocenters. The molecule has 7 heteroatoms. The van der Waals surface area contributed by atoms with Gasteiger partial charge < -0.3 is 4.84 Å². The summed E-state index contributed by atoms with van der Waals surface area (Å²) in [5.74, 6) is -2.61. The number of benzene rings is 2. The highest BCUT2D eigenvalue weighted by Crippen LogP contribution is 2.38. The lowest BCUT2D eigenvalue weighted by Crippen LogP contribution is -2.19. The average Bonchev–Trinajstić information content (AvgIpc) is 3.00. The molecule has 0 bridgehead atoms. The number of nitrogens with zero attached hydrogens (tertiary/aromatic N) is 1. The molecule has 0 aliphatic heterocycles. The lowest BCUT2D eigenvalue weighted by atomic mass is 9.95. The third-order valence-corrected chi connectivity index (χ3v) is 4.70. The first kappa shape index (κ1) is 21.2. The average molecular weight is 426 g/mol. The van der Waals surface area contributed by atoms with Crippen molar-refractivity contribution in [3.63, 3.8) is 0 Å². The van der Waals surface area contributed by atoms with Gasteiger partial charge in [-0.25, -0.2) is 4.39 Å². The summed E-state index contributed by atoms with van der Waals surface area (Å²) in [4.78, 5) is 5.65. The Morgan fingerprint density at radius 3 is 2.45 bits per heavy atom. The van der Waals surface area contributed by atoms with Crippen molar-refractivity contribution in [1.29, 1.82) is 0 Å². The molecule has 0 radical (unpaired) electrons. The van der Waals surface area contributed by atoms with Crippen LogP contribution < -0.4 is 4.84 Å². The van der Waals surface area contributed by atoms with Gasteiger partial charge >= 0.3 is 6.18 Å². The van der Waals surface area contributed by atoms with E-state index in [9.17, 15) is 17.6 Å². The highest BCUT2D eigenvalue weighted by Gasteiger charge is 2.39. The molecule has 154 valence electrons. The second-order valence-electron chi connectivity index (χ2n) is 7.13. The number of alkyl halides is 3. The largest absolute Gasteiger partial charge is 0.411 e. The molecule has 2 aromatic carbocycles. The molecule has 29 heavy (non-hydrogen) atoms. The van der Waals surface area contributed by atoms with Gasteiger partial charge in [0.2, 0.25) is 0 Å². The summed E-state index contributed by atoms with van der Waals surface area (Å²) >= 11 is 5.75. The first-order valence-electron chi connectivity index (χ1n) is 9.05. The maximum atomic E-state index is 13.7. The molecule has 3 aromatic rings. The SMILES string of the molecule is Cc1cc(C(/C=C/c2ccc3c(ccn3OC(C)C)c2)C(F)(F)F)cc(Cl)c1F. The van der Waals surface area contributed by atoms with Crippen molar-refractivity contribution in [3.8, 4) is 0 Å². The Bertz CT molecular complexity index is 1030. The highest BCUT2D eigenvalue weighted by atomic mass is 35.5. The minimum Gasteiger partial charge on any atom is -0.411 e. The van der Waals surface area contributed by atoms with Crippen LogP contribution in [0.4, 0.5) is 17.6 Å². The topological polar surface area (TPSA) is 14.2 Å². The second kappa shape index (κ2) is 8.11. The van der Waals surface area contributed by atoms with E-state index in [0.29, 0.717) is 5.56 Å². The van der Waals surface area contributed by atoms with E-state index < -0.39 is 17.9 Å². The van der Waals surface area contributed by atoms with Gasteiger partial charge in [-0.15, -0.1) is 0 Å². The summed E-state index contributed by atoms with van der Waals surface area (Å²) in [6, 6.07) is 9.32. The third-order valence-electron chi connectivity index (χ3n) is 4.43. The van der Waals surface area contributed by atoms with E-state index in [1.54, 1.807) is 29.1 Å². The number of fused-ring (bicyclic) bond motifs is 1. The van der Waals surface area contributed by atoms with Crippen molar-refractivity contribution in [2.75, 3.05) is 0 Å². The van der Waals surface area contributed by atoms with Gasteiger partial charge in [0.25, 0.3) is 0 Å². The van der Waals surface area contributed by atoms with Gasteiger partial charge in [0.1, 0.15) is 11.9 Å². The van der Waals surface area contributed by atoms with E-state index >= 15 is 0 Å². The fourth-order valence-electron chi connectivity index (χ4n) is 3.11. The molecular weight excluding hydrogens is 406 g/mol. The predicted octanol–water partition coefficient (Wildman–Crippen LogP) is 6.94. The summed E-state index contributed by atoms with van der Waals surface area (Å²) in [6.07, 6.45) is -0.317. The fourth-order valence-corrected chi connectivity index (χ4v) is 3.38. The maximum absolute atomic E-state index is 13.7. The molecule has 1 aromatic heterocycles. The van der Waals surface area contributed by atoms with Gasteiger partial charge in [-0.3, -0.25) is 0 Å². The van der Waals surface area contributed by atoms with Crippen molar-refractivity contribution in [2.24, 2.45) is 0 Å². The molecule has 2 nitrogen and oxygen atoms in total. The number of aryl methyl sites for hydroxylation is 1. The van der Waals surface area contributed by atoms with Crippen LogP contribution >= 0.6 is 11.6 Å². The minimum atomic E-state index is -4.54. The first-order valence-corrected chi connectivity index (χ1v) is 9.43. The van der Waals surface area contributed by atoms with Crippen LogP contribution in [-0.4, -0.2) is 17.0 Å². The monoisotopic (exact) mass is 425 g/mol. The highest BCUT2D eigenvalue weighted by molar-refractivity contribution is 6.30. The zero-order valence-corrected chi connectivity index (χ0v) is 16.9. The first-order chi connectivity index (χ1) is 13.6. The van der Waals surface area contributed by atoms with E-state index in [2.05, 4.69) is 0 Å². The third kappa shape index (κ3) is 4.75. The van der Waals surface area contributed by atoms with Gasteiger partial charge in [0.05, 0.1) is 16.5 Å². The van der Waals surface area contributed by atoms with Crippen LogP contribution in [0.3, 0.4) is 0 Å². The summed E-state index contributed by atoms with van der Waals surface area (Å²) in [7, 11) is 0. The number of halogens is 5. The van der Waals surface area contributed by atoms with E-state index in [0.717, 1.165) is 23.0 Å². The Hall–Kier alpha value is -2.47. The van der Waals surface area contributed by atoms with Crippen LogP contribution in [-0.2, 0) is 0 Å². The van der Waals surface area contributed by atoms with Crippen LogP contribution in [0.1, 0.15) is 36.5 Å². The molecule has 0 saturated heterocycles. The van der Waals surface area contributed by atoms with Crippen LogP contribution in [0, 0.1) is 12.7 Å². The Labute approximate surface area is 171 Å². The van der Waals surface area contributed by atoms with Gasteiger partial charge in [-0.05, 0) is 61.7 Å². The van der Waals surface area contributed by atoms with E-state index in [1.807, 2.05) is 19.9 Å². The van der Waals surface area contributed by atoms with Crippen LogP contribution in [0.2, 0.25) is 5.02 Å². The standard InChI is InChI=1S/C22H20ClF4NO/c1-13(2)29-28-9-8-16-11-15(5-7-20(16)28)4-6-18(22(25,26)27)17-10-14(3)21(24)19(23)12-17/h4-13,18H,1-3H3/b6-4+. The van der Waals surface area contributed by atoms with E-state index in [1.165, 1.54) is 19.1 Å². The summed E-state index contributed by atoms with van der Waals surface area (Å²) in [5, 5.41) is 0.521. The molecule has 1 heterocycles. The molecular formula is C22H20ClF4NO. The van der Waals surface area contributed by atoms with Gasteiger partial charge in [-0.1, -0.05) is 35.9 Å². The van der Waals surface area contributed by atoms with E-state index in [-0.39, 0.29) is 22.3 Å². The fraction of sp³-hybridized carbons (Fsp3) is 0.273. The molecule has 0 aliphatic carbocycles. The van der Waals surface area contributed by atoms with Crippen LogP contribution in [0.25, 0.3) is 17.0 Å². The minimum absolute atomic E-state index is 0.0105. The van der Waals surface area contributed by atoms with Gasteiger partial charge in [0.15, 0.2) is 0 Å². The Balaban J connectivity index is 1.94. The molecule has 3 rings (SSSR count). The van der Waals surface area contributed by atoms with Gasteiger partial charge in [-0.2, -0.15) is 17.9 Å². The molecule has 0 spiro atoms.